The fraction of sp³-hybridized carbons (Fsp3) is 0.500. The predicted molar refractivity (Wildman–Crippen MR) is 72.7 cm³/mol. The minimum Gasteiger partial charge on any atom is -0.478 e. The average Bonchev–Trinajstić information content (AvgIpc) is 3.05. The van der Waals surface area contributed by atoms with Gasteiger partial charge in [0.15, 0.2) is 0 Å². The normalized spacial score (nSPS) is 31.4. The van der Waals surface area contributed by atoms with Gasteiger partial charge in [0.1, 0.15) is 6.29 Å². The number of aldehydes is 1. The Morgan fingerprint density at radius 2 is 2.05 bits per heavy atom. The Morgan fingerprint density at radius 1 is 1.30 bits per heavy atom. The summed E-state index contributed by atoms with van der Waals surface area (Å²) in [6.45, 7) is 0. The van der Waals surface area contributed by atoms with E-state index in [1.54, 1.807) is 12.1 Å². The van der Waals surface area contributed by atoms with Gasteiger partial charge >= 0.3 is 5.97 Å². The molecule has 4 heteroatoms. The summed E-state index contributed by atoms with van der Waals surface area (Å²) < 4.78 is 5.81. The van der Waals surface area contributed by atoms with Gasteiger partial charge in [0.25, 0.3) is 0 Å². The maximum absolute atomic E-state index is 11.2. The Kier molecular flexibility index (Phi) is 3.57. The second kappa shape index (κ2) is 5.37. The molecule has 1 aromatic rings. The molecular formula is C16H18O4. The van der Waals surface area contributed by atoms with Crippen molar-refractivity contribution >= 4 is 12.3 Å². The first-order valence-electron chi connectivity index (χ1n) is 7.12. The van der Waals surface area contributed by atoms with E-state index in [9.17, 15) is 14.7 Å². The lowest BCUT2D eigenvalue weighted by Crippen LogP contribution is -2.28. The quantitative estimate of drug-likeness (QED) is 0.837. The highest BCUT2D eigenvalue weighted by Crippen LogP contribution is 2.44. The van der Waals surface area contributed by atoms with E-state index in [0.29, 0.717) is 12.0 Å². The Bertz CT molecular complexity index is 525. The summed E-state index contributed by atoms with van der Waals surface area (Å²) in [7, 11) is 0. The van der Waals surface area contributed by atoms with E-state index in [-0.39, 0.29) is 24.0 Å². The highest BCUT2D eigenvalue weighted by Gasteiger charge is 2.48. The van der Waals surface area contributed by atoms with Crippen LogP contribution in [0, 0.1) is 11.8 Å². The second-order valence-corrected chi connectivity index (χ2v) is 5.67. The molecule has 0 radical (unpaired) electrons. The summed E-state index contributed by atoms with van der Waals surface area (Å²) in [4.78, 5) is 22.4. The monoisotopic (exact) mass is 274 g/mol. The van der Waals surface area contributed by atoms with Crippen molar-refractivity contribution in [2.75, 3.05) is 0 Å². The summed E-state index contributed by atoms with van der Waals surface area (Å²) >= 11 is 0. The number of hydrogen-bond donors (Lipinski definition) is 1. The Hall–Kier alpha value is -1.68. The number of aryl methyl sites for hydroxylation is 1. The van der Waals surface area contributed by atoms with Crippen LogP contribution in [-0.4, -0.2) is 29.6 Å². The molecule has 4 atom stereocenters. The van der Waals surface area contributed by atoms with Crippen molar-refractivity contribution < 1.29 is 19.4 Å². The molecule has 1 N–H and O–H groups in total. The van der Waals surface area contributed by atoms with E-state index < -0.39 is 5.97 Å². The highest BCUT2D eigenvalue weighted by atomic mass is 16.5. The molecule has 4 nitrogen and oxygen atoms in total. The lowest BCUT2D eigenvalue weighted by Gasteiger charge is -2.23. The maximum Gasteiger partial charge on any atom is 0.335 e. The molecule has 2 bridgehead atoms. The number of carbonyl (C=O) groups is 2. The van der Waals surface area contributed by atoms with Crippen molar-refractivity contribution in [3.05, 3.63) is 35.4 Å². The molecule has 2 heterocycles. The van der Waals surface area contributed by atoms with Crippen LogP contribution in [0.15, 0.2) is 24.3 Å². The molecule has 20 heavy (non-hydrogen) atoms. The molecule has 2 fully saturated rings. The van der Waals surface area contributed by atoms with Gasteiger partial charge in [-0.3, -0.25) is 0 Å². The fourth-order valence-electron chi connectivity index (χ4n) is 3.65. The zero-order valence-electron chi connectivity index (χ0n) is 11.2. The van der Waals surface area contributed by atoms with Crippen LogP contribution in [0.2, 0.25) is 0 Å². The number of ether oxygens (including phenoxy) is 1. The third-order valence-electron chi connectivity index (χ3n) is 4.64. The van der Waals surface area contributed by atoms with Crippen LogP contribution in [0.5, 0.6) is 0 Å². The number of carbonyl (C=O) groups excluding carboxylic acids is 1. The number of hydrogen-bond acceptors (Lipinski definition) is 3. The van der Waals surface area contributed by atoms with Gasteiger partial charge in [-0.25, -0.2) is 4.79 Å². The van der Waals surface area contributed by atoms with Crippen LogP contribution < -0.4 is 0 Å². The molecule has 0 spiro atoms. The van der Waals surface area contributed by atoms with Crippen molar-refractivity contribution in [3.8, 4) is 0 Å². The number of carboxylic acids is 1. The van der Waals surface area contributed by atoms with E-state index in [1.165, 1.54) is 0 Å². The first-order chi connectivity index (χ1) is 9.70. The number of aromatic carboxylic acids is 1. The van der Waals surface area contributed by atoms with E-state index >= 15 is 0 Å². The average molecular weight is 274 g/mol. The van der Waals surface area contributed by atoms with E-state index in [1.807, 2.05) is 12.1 Å². The second-order valence-electron chi connectivity index (χ2n) is 5.67. The van der Waals surface area contributed by atoms with Crippen LogP contribution >= 0.6 is 0 Å². The first kappa shape index (κ1) is 13.3. The summed E-state index contributed by atoms with van der Waals surface area (Å²) in [6, 6.07) is 7.08. The van der Waals surface area contributed by atoms with Crippen LogP contribution in [0.3, 0.4) is 0 Å². The van der Waals surface area contributed by atoms with Crippen LogP contribution in [-0.2, 0) is 16.0 Å². The highest BCUT2D eigenvalue weighted by molar-refractivity contribution is 5.89. The standard InChI is InChI=1S/C16H18O4/c17-9-13-12(14-7-8-15(13)20-14)6-5-10-3-1-2-4-11(10)16(18)19/h1-4,9,12-15H,5-8H2,(H,18,19). The van der Waals surface area contributed by atoms with Gasteiger partial charge in [-0.1, -0.05) is 18.2 Å². The largest absolute Gasteiger partial charge is 0.478 e. The fourth-order valence-corrected chi connectivity index (χ4v) is 3.65. The minimum atomic E-state index is -0.892. The molecule has 0 aliphatic carbocycles. The third-order valence-corrected chi connectivity index (χ3v) is 4.64. The van der Waals surface area contributed by atoms with Crippen LogP contribution in [0.1, 0.15) is 35.2 Å². The van der Waals surface area contributed by atoms with Gasteiger partial charge in [-0.15, -0.1) is 0 Å². The predicted octanol–water partition coefficient (Wildman–Crippen LogP) is 2.31. The van der Waals surface area contributed by atoms with Gasteiger partial charge in [0.05, 0.1) is 17.8 Å². The van der Waals surface area contributed by atoms with Gasteiger partial charge in [0, 0.05) is 5.92 Å². The molecule has 2 aliphatic rings. The van der Waals surface area contributed by atoms with Crippen molar-refractivity contribution in [1.82, 2.24) is 0 Å². The van der Waals surface area contributed by atoms with Gasteiger partial charge in [-0.2, -0.15) is 0 Å². The summed E-state index contributed by atoms with van der Waals surface area (Å²) in [5.41, 5.74) is 1.20. The summed E-state index contributed by atoms with van der Waals surface area (Å²) in [5.74, 6) is -0.657. The van der Waals surface area contributed by atoms with Crippen molar-refractivity contribution in [2.45, 2.75) is 37.9 Å². The Labute approximate surface area is 117 Å². The zero-order chi connectivity index (χ0) is 14.1. The van der Waals surface area contributed by atoms with E-state index in [4.69, 9.17) is 4.74 Å². The number of benzene rings is 1. The van der Waals surface area contributed by atoms with Gasteiger partial charge in [-0.05, 0) is 43.2 Å². The molecule has 0 aromatic heterocycles. The Morgan fingerprint density at radius 3 is 2.80 bits per heavy atom. The summed E-state index contributed by atoms with van der Waals surface area (Å²) in [5, 5.41) is 9.18. The van der Waals surface area contributed by atoms with Gasteiger partial charge in [0.2, 0.25) is 0 Å². The molecule has 0 saturated carbocycles. The third kappa shape index (κ3) is 2.24. The topological polar surface area (TPSA) is 63.6 Å². The van der Waals surface area contributed by atoms with E-state index in [0.717, 1.165) is 31.1 Å². The molecule has 0 amide bonds. The zero-order valence-corrected chi connectivity index (χ0v) is 11.2. The number of fused-ring (bicyclic) bond motifs is 2. The Balaban J connectivity index is 1.71. The lowest BCUT2D eigenvalue weighted by atomic mass is 9.77. The van der Waals surface area contributed by atoms with E-state index in [2.05, 4.69) is 0 Å². The lowest BCUT2D eigenvalue weighted by molar-refractivity contribution is -0.113. The molecule has 3 rings (SSSR count). The molecule has 2 aliphatic heterocycles. The smallest absolute Gasteiger partial charge is 0.335 e. The molecule has 1 aromatic carbocycles. The van der Waals surface area contributed by atoms with Crippen molar-refractivity contribution in [2.24, 2.45) is 11.8 Å². The summed E-state index contributed by atoms with van der Waals surface area (Å²) in [6.07, 6.45) is 4.82. The minimum absolute atomic E-state index is 0.00857. The van der Waals surface area contributed by atoms with Gasteiger partial charge < -0.3 is 14.6 Å². The van der Waals surface area contributed by atoms with Crippen LogP contribution in [0.4, 0.5) is 0 Å². The maximum atomic E-state index is 11.2. The SMILES string of the molecule is O=CC1C2CCC(O2)C1CCc1ccccc1C(=O)O. The molecule has 2 saturated heterocycles. The van der Waals surface area contributed by atoms with Crippen molar-refractivity contribution in [3.63, 3.8) is 0 Å². The number of rotatable bonds is 5. The first-order valence-corrected chi connectivity index (χ1v) is 7.12. The molecule has 106 valence electrons. The van der Waals surface area contributed by atoms with Crippen LogP contribution in [0.25, 0.3) is 0 Å². The molecule has 4 unspecified atom stereocenters. The van der Waals surface area contributed by atoms with Crippen molar-refractivity contribution in [1.29, 1.82) is 0 Å². The number of carboxylic acid groups (broad SMARTS) is 1. The molecular weight excluding hydrogens is 256 g/mol.